The highest BCUT2D eigenvalue weighted by Gasteiger charge is 2.16. The van der Waals surface area contributed by atoms with Crippen molar-refractivity contribution in [3.05, 3.63) is 33.8 Å². The van der Waals surface area contributed by atoms with Crippen molar-refractivity contribution in [2.45, 2.75) is 13.3 Å². The number of rotatable bonds is 5. The molecule has 0 fully saturated rings. The van der Waals surface area contributed by atoms with E-state index in [0.29, 0.717) is 29.9 Å². The molecule has 0 saturated heterocycles. The van der Waals surface area contributed by atoms with Crippen LogP contribution in [-0.2, 0) is 6.42 Å². The lowest BCUT2D eigenvalue weighted by Gasteiger charge is -2.21. The standard InChI is InChI=1S/C12H18Cl2N2/c1-8(10(6-15)7-16)4-9-5-11(13)2-3-12(9)14/h2-3,5,8,10H,4,6-7,15-16H2,1H3. The van der Waals surface area contributed by atoms with Crippen molar-refractivity contribution in [2.24, 2.45) is 23.3 Å². The van der Waals surface area contributed by atoms with Crippen LogP contribution in [0.4, 0.5) is 0 Å². The zero-order valence-corrected chi connectivity index (χ0v) is 10.9. The van der Waals surface area contributed by atoms with E-state index in [2.05, 4.69) is 6.92 Å². The SMILES string of the molecule is CC(Cc1cc(Cl)ccc1Cl)C(CN)CN. The van der Waals surface area contributed by atoms with E-state index in [-0.39, 0.29) is 0 Å². The summed E-state index contributed by atoms with van der Waals surface area (Å²) in [5, 5.41) is 1.47. The molecule has 0 amide bonds. The van der Waals surface area contributed by atoms with Gasteiger partial charge in [-0.25, -0.2) is 0 Å². The number of hydrogen-bond acceptors (Lipinski definition) is 2. The van der Waals surface area contributed by atoms with Crippen LogP contribution in [0, 0.1) is 11.8 Å². The quantitative estimate of drug-likeness (QED) is 0.856. The molecule has 1 atom stereocenters. The smallest absolute Gasteiger partial charge is 0.0439 e. The maximum atomic E-state index is 6.11. The molecule has 0 bridgehead atoms. The van der Waals surface area contributed by atoms with Crippen molar-refractivity contribution in [3.8, 4) is 0 Å². The van der Waals surface area contributed by atoms with Crippen LogP contribution in [0.15, 0.2) is 18.2 Å². The van der Waals surface area contributed by atoms with Gasteiger partial charge in [-0.1, -0.05) is 30.1 Å². The van der Waals surface area contributed by atoms with Crippen LogP contribution >= 0.6 is 23.2 Å². The van der Waals surface area contributed by atoms with Crippen molar-refractivity contribution in [1.29, 1.82) is 0 Å². The molecule has 1 aromatic rings. The first kappa shape index (κ1) is 13.8. The molecule has 16 heavy (non-hydrogen) atoms. The molecule has 0 heterocycles. The van der Waals surface area contributed by atoms with Crippen LogP contribution in [0.1, 0.15) is 12.5 Å². The van der Waals surface area contributed by atoms with Crippen molar-refractivity contribution in [3.63, 3.8) is 0 Å². The summed E-state index contributed by atoms with van der Waals surface area (Å²) in [7, 11) is 0. The summed E-state index contributed by atoms with van der Waals surface area (Å²) >= 11 is 12.0. The van der Waals surface area contributed by atoms with E-state index in [1.165, 1.54) is 0 Å². The maximum Gasteiger partial charge on any atom is 0.0439 e. The van der Waals surface area contributed by atoms with Crippen LogP contribution in [0.2, 0.25) is 10.0 Å². The lowest BCUT2D eigenvalue weighted by atomic mass is 9.88. The number of hydrogen-bond donors (Lipinski definition) is 2. The highest BCUT2D eigenvalue weighted by molar-refractivity contribution is 6.33. The fourth-order valence-corrected chi connectivity index (χ4v) is 2.16. The largest absolute Gasteiger partial charge is 0.330 e. The summed E-state index contributed by atoms with van der Waals surface area (Å²) in [5.74, 6) is 0.737. The summed E-state index contributed by atoms with van der Waals surface area (Å²) in [5.41, 5.74) is 12.4. The predicted octanol–water partition coefficient (Wildman–Crippen LogP) is 2.71. The third-order valence-corrected chi connectivity index (χ3v) is 3.56. The van der Waals surface area contributed by atoms with Crippen molar-refractivity contribution >= 4 is 23.2 Å². The van der Waals surface area contributed by atoms with Crippen LogP contribution in [0.5, 0.6) is 0 Å². The zero-order chi connectivity index (χ0) is 12.1. The van der Waals surface area contributed by atoms with Gasteiger partial charge in [0.05, 0.1) is 0 Å². The van der Waals surface area contributed by atoms with Gasteiger partial charge in [-0.05, 0) is 55.1 Å². The summed E-state index contributed by atoms with van der Waals surface area (Å²) in [6.45, 7) is 3.35. The zero-order valence-electron chi connectivity index (χ0n) is 9.42. The summed E-state index contributed by atoms with van der Waals surface area (Å²) in [6, 6.07) is 5.53. The van der Waals surface area contributed by atoms with Gasteiger partial charge in [-0.15, -0.1) is 0 Å². The molecule has 0 saturated carbocycles. The minimum atomic E-state index is 0.329. The van der Waals surface area contributed by atoms with Gasteiger partial charge < -0.3 is 11.5 Å². The van der Waals surface area contributed by atoms with Crippen LogP contribution in [-0.4, -0.2) is 13.1 Å². The molecule has 2 nitrogen and oxygen atoms in total. The molecule has 0 aromatic heterocycles. The third kappa shape index (κ3) is 3.63. The molecule has 1 rings (SSSR count). The highest BCUT2D eigenvalue weighted by Crippen LogP contribution is 2.25. The highest BCUT2D eigenvalue weighted by atomic mass is 35.5. The van der Waals surface area contributed by atoms with Gasteiger partial charge >= 0.3 is 0 Å². The molecule has 4 heteroatoms. The van der Waals surface area contributed by atoms with Gasteiger partial charge in [0.25, 0.3) is 0 Å². The van der Waals surface area contributed by atoms with Gasteiger partial charge in [-0.2, -0.15) is 0 Å². The molecule has 4 N–H and O–H groups in total. The van der Waals surface area contributed by atoms with E-state index in [1.54, 1.807) is 6.07 Å². The van der Waals surface area contributed by atoms with E-state index in [1.807, 2.05) is 12.1 Å². The Bertz CT molecular complexity index is 338. The van der Waals surface area contributed by atoms with E-state index in [0.717, 1.165) is 17.0 Å². The number of benzene rings is 1. The minimum absolute atomic E-state index is 0.329. The Morgan fingerprint density at radius 2 is 1.81 bits per heavy atom. The second kappa shape index (κ2) is 6.45. The molecule has 0 aliphatic heterocycles. The Balaban J connectivity index is 2.75. The first-order valence-electron chi connectivity index (χ1n) is 5.42. The molecule has 0 spiro atoms. The van der Waals surface area contributed by atoms with E-state index >= 15 is 0 Å². The minimum Gasteiger partial charge on any atom is -0.330 e. The van der Waals surface area contributed by atoms with E-state index < -0.39 is 0 Å². The van der Waals surface area contributed by atoms with Crippen LogP contribution < -0.4 is 11.5 Å². The van der Waals surface area contributed by atoms with Gasteiger partial charge in [0.1, 0.15) is 0 Å². The summed E-state index contributed by atoms with van der Waals surface area (Å²) in [6.07, 6.45) is 0.860. The molecule has 90 valence electrons. The molecule has 0 aliphatic rings. The van der Waals surface area contributed by atoms with E-state index in [4.69, 9.17) is 34.7 Å². The van der Waals surface area contributed by atoms with Crippen LogP contribution in [0.25, 0.3) is 0 Å². The monoisotopic (exact) mass is 260 g/mol. The number of halogens is 2. The average Bonchev–Trinajstić information content (AvgIpc) is 2.25. The van der Waals surface area contributed by atoms with Crippen molar-refractivity contribution in [1.82, 2.24) is 0 Å². The Kier molecular flexibility index (Phi) is 5.56. The third-order valence-electron chi connectivity index (χ3n) is 2.96. The Morgan fingerprint density at radius 3 is 2.38 bits per heavy atom. The topological polar surface area (TPSA) is 52.0 Å². The van der Waals surface area contributed by atoms with Crippen molar-refractivity contribution < 1.29 is 0 Å². The molecule has 1 aromatic carbocycles. The predicted molar refractivity (Wildman–Crippen MR) is 70.9 cm³/mol. The van der Waals surface area contributed by atoms with Gasteiger partial charge in [0.2, 0.25) is 0 Å². The Morgan fingerprint density at radius 1 is 1.19 bits per heavy atom. The second-order valence-corrected chi connectivity index (χ2v) is 4.99. The molecule has 0 aliphatic carbocycles. The first-order valence-corrected chi connectivity index (χ1v) is 6.18. The fourth-order valence-electron chi connectivity index (χ4n) is 1.77. The van der Waals surface area contributed by atoms with E-state index in [9.17, 15) is 0 Å². The second-order valence-electron chi connectivity index (χ2n) is 4.15. The van der Waals surface area contributed by atoms with Crippen LogP contribution in [0.3, 0.4) is 0 Å². The first-order chi connectivity index (χ1) is 7.58. The Hall–Kier alpha value is -0.280. The van der Waals surface area contributed by atoms with Gasteiger partial charge in [0.15, 0.2) is 0 Å². The lowest BCUT2D eigenvalue weighted by Crippen LogP contribution is -2.30. The normalized spacial score (nSPS) is 13.1. The maximum absolute atomic E-state index is 6.11. The van der Waals surface area contributed by atoms with Gasteiger partial charge in [0, 0.05) is 10.0 Å². The molecular weight excluding hydrogens is 243 g/mol. The summed E-state index contributed by atoms with van der Waals surface area (Å²) in [4.78, 5) is 0. The molecule has 1 unspecified atom stereocenters. The van der Waals surface area contributed by atoms with Crippen molar-refractivity contribution in [2.75, 3.05) is 13.1 Å². The fraction of sp³-hybridized carbons (Fsp3) is 0.500. The number of nitrogens with two attached hydrogens (primary N) is 2. The average molecular weight is 261 g/mol. The summed E-state index contributed by atoms with van der Waals surface area (Å²) < 4.78 is 0. The Labute approximate surface area is 107 Å². The molecule has 0 radical (unpaired) electrons. The molecular formula is C12H18Cl2N2. The van der Waals surface area contributed by atoms with Gasteiger partial charge in [-0.3, -0.25) is 0 Å². The lowest BCUT2D eigenvalue weighted by molar-refractivity contribution is 0.372.